The van der Waals surface area contributed by atoms with E-state index in [0.717, 1.165) is 49.5 Å². The van der Waals surface area contributed by atoms with E-state index in [1.165, 1.54) is 19.2 Å². The number of carbonyl (C=O) groups excluding carboxylic acids is 3. The molecule has 5 atom stereocenters. The molecular weight excluding hydrogens is 534 g/mol. The SMILES string of the molecule is COCO[C@@H]([C@H](Cc1cc(F)cc(F)c1)C(=O)N1C(=O)OC[C@@H]1C(C)C)[C@H]1CCC[C@H](C)N1C(=O)CC1CCCC1. The van der Waals surface area contributed by atoms with Gasteiger partial charge in [0.15, 0.2) is 0 Å². The molecule has 1 saturated carbocycles. The van der Waals surface area contributed by atoms with Crippen molar-refractivity contribution in [1.82, 2.24) is 9.80 Å². The number of ether oxygens (including phenoxy) is 3. The third-order valence-electron chi connectivity index (χ3n) is 8.94. The molecule has 2 aliphatic heterocycles. The van der Waals surface area contributed by atoms with Gasteiger partial charge in [-0.3, -0.25) is 9.59 Å². The van der Waals surface area contributed by atoms with Crippen molar-refractivity contribution in [2.24, 2.45) is 17.8 Å². The van der Waals surface area contributed by atoms with Gasteiger partial charge in [0.05, 0.1) is 24.1 Å². The summed E-state index contributed by atoms with van der Waals surface area (Å²) in [5, 5.41) is 0. The fourth-order valence-corrected chi connectivity index (χ4v) is 6.88. The van der Waals surface area contributed by atoms with Crippen molar-refractivity contribution < 1.29 is 37.4 Å². The average molecular weight is 579 g/mol. The molecule has 1 aromatic carbocycles. The molecule has 1 aliphatic carbocycles. The van der Waals surface area contributed by atoms with E-state index in [9.17, 15) is 23.2 Å². The van der Waals surface area contributed by atoms with E-state index in [4.69, 9.17) is 14.2 Å². The van der Waals surface area contributed by atoms with Gasteiger partial charge in [0.2, 0.25) is 11.8 Å². The fourth-order valence-electron chi connectivity index (χ4n) is 6.88. The molecule has 0 spiro atoms. The number of imide groups is 1. The fraction of sp³-hybridized carbons (Fsp3) is 0.710. The number of halogens is 2. The van der Waals surface area contributed by atoms with Crippen LogP contribution in [0.2, 0.25) is 0 Å². The van der Waals surface area contributed by atoms with Crippen molar-refractivity contribution in [3.8, 4) is 0 Å². The van der Waals surface area contributed by atoms with Crippen molar-refractivity contribution in [2.75, 3.05) is 20.5 Å². The maximum absolute atomic E-state index is 14.3. The second-order valence-corrected chi connectivity index (χ2v) is 12.2. The molecule has 41 heavy (non-hydrogen) atoms. The van der Waals surface area contributed by atoms with Crippen LogP contribution in [-0.2, 0) is 30.2 Å². The summed E-state index contributed by atoms with van der Waals surface area (Å²) in [4.78, 5) is 44.0. The minimum atomic E-state index is -1.03. The first-order valence-corrected chi connectivity index (χ1v) is 15.0. The number of likely N-dealkylation sites (tertiary alicyclic amines) is 1. The van der Waals surface area contributed by atoms with Crippen molar-refractivity contribution in [3.63, 3.8) is 0 Å². The van der Waals surface area contributed by atoms with Crippen LogP contribution < -0.4 is 0 Å². The number of cyclic esters (lactones) is 1. The van der Waals surface area contributed by atoms with Crippen molar-refractivity contribution in [2.45, 2.75) is 103 Å². The number of nitrogens with zero attached hydrogens (tertiary/aromatic N) is 2. The van der Waals surface area contributed by atoms with E-state index in [2.05, 4.69) is 0 Å². The lowest BCUT2D eigenvalue weighted by Gasteiger charge is -2.46. The summed E-state index contributed by atoms with van der Waals surface area (Å²) >= 11 is 0. The van der Waals surface area contributed by atoms with Gasteiger partial charge in [-0.2, -0.15) is 0 Å². The van der Waals surface area contributed by atoms with Crippen LogP contribution in [0.25, 0.3) is 0 Å². The number of benzene rings is 1. The van der Waals surface area contributed by atoms with Crippen LogP contribution in [0.1, 0.15) is 77.7 Å². The predicted molar refractivity (Wildman–Crippen MR) is 148 cm³/mol. The smallest absolute Gasteiger partial charge is 0.416 e. The van der Waals surface area contributed by atoms with Crippen LogP contribution in [0.3, 0.4) is 0 Å². The number of hydrogen-bond donors (Lipinski definition) is 0. The summed E-state index contributed by atoms with van der Waals surface area (Å²) in [7, 11) is 1.47. The maximum atomic E-state index is 14.3. The van der Waals surface area contributed by atoms with E-state index >= 15 is 0 Å². The molecule has 0 unspecified atom stereocenters. The van der Waals surface area contributed by atoms with Crippen molar-refractivity contribution in [1.29, 1.82) is 0 Å². The van der Waals surface area contributed by atoms with Crippen LogP contribution in [-0.4, -0.2) is 72.4 Å². The van der Waals surface area contributed by atoms with E-state index in [1.807, 2.05) is 25.7 Å². The predicted octanol–water partition coefficient (Wildman–Crippen LogP) is 5.47. The zero-order chi connectivity index (χ0) is 29.7. The van der Waals surface area contributed by atoms with Gasteiger partial charge in [-0.1, -0.05) is 26.7 Å². The van der Waals surface area contributed by atoms with Gasteiger partial charge in [0.1, 0.15) is 25.0 Å². The van der Waals surface area contributed by atoms with Gasteiger partial charge in [-0.15, -0.1) is 0 Å². The summed E-state index contributed by atoms with van der Waals surface area (Å²) in [6, 6.07) is 2.11. The summed E-state index contributed by atoms with van der Waals surface area (Å²) < 4.78 is 45.3. The van der Waals surface area contributed by atoms with Gasteiger partial charge in [-0.25, -0.2) is 18.5 Å². The summed E-state index contributed by atoms with van der Waals surface area (Å²) in [6.07, 6.45) is 5.27. The molecule has 10 heteroatoms. The Labute approximate surface area is 241 Å². The number of hydrogen-bond acceptors (Lipinski definition) is 6. The third-order valence-corrected chi connectivity index (χ3v) is 8.94. The Morgan fingerprint density at radius 3 is 2.34 bits per heavy atom. The molecule has 1 aromatic rings. The minimum absolute atomic E-state index is 0.0313. The minimum Gasteiger partial charge on any atom is -0.447 e. The van der Waals surface area contributed by atoms with Crippen LogP contribution in [0, 0.1) is 29.4 Å². The molecule has 0 N–H and O–H groups in total. The first-order chi connectivity index (χ1) is 19.6. The Bertz CT molecular complexity index is 1060. The molecular formula is C31H44F2N2O6. The first kappa shape index (κ1) is 31.3. The Balaban J connectivity index is 1.74. The molecule has 228 valence electrons. The molecule has 3 aliphatic rings. The molecule has 0 radical (unpaired) electrons. The largest absolute Gasteiger partial charge is 0.447 e. The first-order valence-electron chi connectivity index (χ1n) is 15.0. The lowest BCUT2D eigenvalue weighted by Crippen LogP contribution is -2.59. The lowest BCUT2D eigenvalue weighted by atomic mass is 9.82. The van der Waals surface area contributed by atoms with Gasteiger partial charge >= 0.3 is 6.09 Å². The summed E-state index contributed by atoms with van der Waals surface area (Å²) in [6.45, 7) is 5.72. The molecule has 2 heterocycles. The van der Waals surface area contributed by atoms with Crippen LogP contribution in [0.4, 0.5) is 13.6 Å². The number of carbonyl (C=O) groups is 3. The highest BCUT2D eigenvalue weighted by atomic mass is 19.1. The molecule has 4 rings (SSSR count). The van der Waals surface area contributed by atoms with Crippen LogP contribution in [0.15, 0.2) is 18.2 Å². The van der Waals surface area contributed by atoms with Crippen molar-refractivity contribution in [3.05, 3.63) is 35.4 Å². The second kappa shape index (κ2) is 14.1. The highest BCUT2D eigenvalue weighted by Gasteiger charge is 2.48. The lowest BCUT2D eigenvalue weighted by molar-refractivity contribution is -0.165. The topological polar surface area (TPSA) is 85.4 Å². The molecule has 0 aromatic heterocycles. The summed E-state index contributed by atoms with van der Waals surface area (Å²) in [5.74, 6) is -2.80. The number of amides is 3. The van der Waals surface area contributed by atoms with Gasteiger partial charge in [0, 0.05) is 25.6 Å². The van der Waals surface area contributed by atoms with Crippen LogP contribution >= 0.6 is 0 Å². The number of piperidine rings is 1. The average Bonchev–Trinajstić information content (AvgIpc) is 3.56. The molecule has 8 nitrogen and oxygen atoms in total. The maximum Gasteiger partial charge on any atom is 0.416 e. The number of rotatable bonds is 11. The van der Waals surface area contributed by atoms with Gasteiger partial charge in [0.25, 0.3) is 0 Å². The normalized spacial score (nSPS) is 25.0. The molecule has 3 amide bonds. The Hall–Kier alpha value is -2.59. The van der Waals surface area contributed by atoms with E-state index in [-0.39, 0.29) is 43.3 Å². The Morgan fingerprint density at radius 2 is 1.71 bits per heavy atom. The van der Waals surface area contributed by atoms with E-state index in [1.54, 1.807) is 0 Å². The molecule has 0 bridgehead atoms. The highest BCUT2D eigenvalue weighted by Crippen LogP contribution is 2.36. The Morgan fingerprint density at radius 1 is 1.02 bits per heavy atom. The quantitative estimate of drug-likeness (QED) is 0.324. The van der Waals surface area contributed by atoms with Crippen molar-refractivity contribution >= 4 is 17.9 Å². The van der Waals surface area contributed by atoms with E-state index in [0.29, 0.717) is 18.8 Å². The second-order valence-electron chi connectivity index (χ2n) is 12.2. The monoisotopic (exact) mass is 578 g/mol. The standard InChI is InChI=1S/C31H44F2N2O6/c1-19(2)27-17-40-31(38)35(27)30(37)25(14-22-12-23(32)16-24(33)13-22)29(41-18-39-4)26-11-7-8-20(3)34(26)28(36)15-21-9-5-6-10-21/h12-13,16,19-21,25-27,29H,5-11,14-15,17-18H2,1-4H3/t20-,25-,26+,27+,29-/m0/s1. The zero-order valence-corrected chi connectivity index (χ0v) is 24.7. The molecule has 2 saturated heterocycles. The van der Waals surface area contributed by atoms with E-state index < -0.39 is 47.7 Å². The van der Waals surface area contributed by atoms with Gasteiger partial charge < -0.3 is 19.1 Å². The highest BCUT2D eigenvalue weighted by molar-refractivity contribution is 5.95. The van der Waals surface area contributed by atoms with Crippen LogP contribution in [0.5, 0.6) is 0 Å². The zero-order valence-electron chi connectivity index (χ0n) is 24.7. The summed E-state index contributed by atoms with van der Waals surface area (Å²) in [5.41, 5.74) is 0.258. The Kier molecular flexibility index (Phi) is 10.7. The number of methoxy groups -OCH3 is 1. The third kappa shape index (κ3) is 7.44. The molecule has 3 fully saturated rings. The van der Waals surface area contributed by atoms with Gasteiger partial charge in [-0.05, 0) is 75.0 Å².